The van der Waals surface area contributed by atoms with Gasteiger partial charge in [0.2, 0.25) is 0 Å². The van der Waals surface area contributed by atoms with Gasteiger partial charge in [-0.15, -0.1) is 0 Å². The summed E-state index contributed by atoms with van der Waals surface area (Å²) in [5.41, 5.74) is 6.97. The number of hydrogen-bond donors (Lipinski definition) is 1. The minimum Gasteiger partial charge on any atom is -0.383 e. The van der Waals surface area contributed by atoms with Crippen molar-refractivity contribution >= 4 is 51.3 Å². The van der Waals surface area contributed by atoms with E-state index in [4.69, 9.17) is 17.3 Å². The summed E-state index contributed by atoms with van der Waals surface area (Å²) in [4.78, 5) is 13.0. The van der Waals surface area contributed by atoms with Gasteiger partial charge >= 0.3 is 0 Å². The van der Waals surface area contributed by atoms with E-state index in [0.717, 1.165) is 14.3 Å². The highest BCUT2D eigenvalue weighted by atomic mass is 127. The maximum absolute atomic E-state index is 5.92. The number of halogens is 2. The van der Waals surface area contributed by atoms with Crippen LogP contribution in [0.5, 0.6) is 0 Å². The zero-order valence-electron chi connectivity index (χ0n) is 8.65. The number of anilines is 1. The van der Waals surface area contributed by atoms with Crippen molar-refractivity contribution in [3.05, 3.63) is 19.8 Å². The van der Waals surface area contributed by atoms with Crippen LogP contribution >= 0.6 is 45.5 Å². The van der Waals surface area contributed by atoms with E-state index in [2.05, 4.69) is 37.5 Å². The molecule has 4 nitrogen and oxygen atoms in total. The monoisotopic (exact) mass is 378 g/mol. The fraction of sp³-hybridized carbons (Fsp3) is 0.300. The van der Waals surface area contributed by atoms with Crippen LogP contribution in [0.4, 0.5) is 5.82 Å². The second-order valence-corrected chi connectivity index (χ2v) is 6.62. The predicted octanol–water partition coefficient (Wildman–Crippen LogP) is 3.32. The van der Waals surface area contributed by atoms with Crippen LogP contribution in [-0.4, -0.2) is 15.0 Å². The Hall–Kier alpha value is -0.470. The van der Waals surface area contributed by atoms with Crippen LogP contribution in [0.15, 0.2) is 6.20 Å². The number of nitrogen functional groups attached to an aromatic ring is 1. The van der Waals surface area contributed by atoms with Crippen LogP contribution in [0.3, 0.4) is 0 Å². The molecular formula is C10H8ClIN4S. The number of aromatic nitrogens is 3. The molecule has 1 saturated carbocycles. The van der Waals surface area contributed by atoms with E-state index < -0.39 is 0 Å². The Labute approximate surface area is 121 Å². The Balaban J connectivity index is 2.11. The van der Waals surface area contributed by atoms with Crippen LogP contribution < -0.4 is 5.73 Å². The van der Waals surface area contributed by atoms with E-state index in [-0.39, 0.29) is 0 Å². The van der Waals surface area contributed by atoms with Crippen LogP contribution in [0.25, 0.3) is 10.8 Å². The quantitative estimate of drug-likeness (QED) is 0.814. The standard InChI is InChI=1S/C10H8ClIN4S/c11-5-3-14-10(17-5)9-15-7(4-1-2-4)6(12)8(13)16-9/h3-4H,1-2H2,(H2,13,15,16). The minimum absolute atomic E-state index is 0.531. The Morgan fingerprint density at radius 2 is 2.18 bits per heavy atom. The first-order chi connectivity index (χ1) is 8.15. The molecule has 0 aromatic carbocycles. The van der Waals surface area contributed by atoms with Crippen molar-refractivity contribution in [3.8, 4) is 10.8 Å². The van der Waals surface area contributed by atoms with Gasteiger partial charge in [0.15, 0.2) is 10.8 Å². The van der Waals surface area contributed by atoms with Gasteiger partial charge in [-0.2, -0.15) is 0 Å². The van der Waals surface area contributed by atoms with Gasteiger partial charge in [0.1, 0.15) is 10.2 Å². The van der Waals surface area contributed by atoms with Gasteiger partial charge < -0.3 is 5.73 Å². The van der Waals surface area contributed by atoms with Gasteiger partial charge in [0, 0.05) is 5.92 Å². The van der Waals surface area contributed by atoms with E-state index >= 15 is 0 Å². The molecule has 0 amide bonds. The third-order valence-electron chi connectivity index (χ3n) is 2.54. The molecule has 2 heterocycles. The lowest BCUT2D eigenvalue weighted by molar-refractivity contribution is 0.981. The van der Waals surface area contributed by atoms with Crippen LogP contribution in [0.2, 0.25) is 4.34 Å². The molecule has 0 saturated heterocycles. The molecule has 2 N–H and O–H groups in total. The van der Waals surface area contributed by atoms with Crippen LogP contribution in [0.1, 0.15) is 24.5 Å². The second kappa shape index (κ2) is 4.33. The highest BCUT2D eigenvalue weighted by molar-refractivity contribution is 14.1. The van der Waals surface area contributed by atoms with Gasteiger partial charge in [0.05, 0.1) is 15.5 Å². The van der Waals surface area contributed by atoms with E-state index in [9.17, 15) is 0 Å². The Morgan fingerprint density at radius 1 is 1.41 bits per heavy atom. The molecule has 0 atom stereocenters. The molecule has 3 rings (SSSR count). The highest BCUT2D eigenvalue weighted by Gasteiger charge is 2.29. The predicted molar refractivity (Wildman–Crippen MR) is 77.3 cm³/mol. The van der Waals surface area contributed by atoms with Crippen molar-refractivity contribution in [3.63, 3.8) is 0 Å². The third-order valence-corrected chi connectivity index (χ3v) is 4.75. The number of thiazole rings is 1. The average Bonchev–Trinajstić information content (AvgIpc) is 3.05. The summed E-state index contributed by atoms with van der Waals surface area (Å²) in [6, 6.07) is 0. The first-order valence-corrected chi connectivity index (χ1v) is 7.37. The highest BCUT2D eigenvalue weighted by Crippen LogP contribution is 2.42. The van der Waals surface area contributed by atoms with Crippen molar-refractivity contribution in [1.29, 1.82) is 0 Å². The zero-order valence-corrected chi connectivity index (χ0v) is 12.4. The summed E-state index contributed by atoms with van der Waals surface area (Å²) in [5.74, 6) is 1.66. The first kappa shape index (κ1) is 11.6. The lowest BCUT2D eigenvalue weighted by Gasteiger charge is -2.06. The summed E-state index contributed by atoms with van der Waals surface area (Å²) in [7, 11) is 0. The topological polar surface area (TPSA) is 64.7 Å². The Kier molecular flexibility index (Phi) is 2.95. The van der Waals surface area contributed by atoms with E-state index in [0.29, 0.717) is 21.9 Å². The van der Waals surface area contributed by atoms with Gasteiger partial charge in [-0.3, -0.25) is 0 Å². The molecule has 0 aliphatic heterocycles. The molecule has 1 aliphatic carbocycles. The first-order valence-electron chi connectivity index (χ1n) is 5.09. The number of hydrogen-bond acceptors (Lipinski definition) is 5. The smallest absolute Gasteiger partial charge is 0.191 e. The van der Waals surface area contributed by atoms with Gasteiger partial charge in [0.25, 0.3) is 0 Å². The minimum atomic E-state index is 0.531. The summed E-state index contributed by atoms with van der Waals surface area (Å²) < 4.78 is 1.60. The van der Waals surface area contributed by atoms with Crippen molar-refractivity contribution in [2.45, 2.75) is 18.8 Å². The summed E-state index contributed by atoms with van der Waals surface area (Å²) in [6.45, 7) is 0. The van der Waals surface area contributed by atoms with Crippen molar-refractivity contribution in [2.24, 2.45) is 0 Å². The Morgan fingerprint density at radius 3 is 2.76 bits per heavy atom. The normalized spacial score (nSPS) is 15.2. The van der Waals surface area contributed by atoms with Gasteiger partial charge in [-0.05, 0) is 35.4 Å². The summed E-state index contributed by atoms with van der Waals surface area (Å²) in [6.07, 6.45) is 3.98. The van der Waals surface area contributed by atoms with Crippen molar-refractivity contribution in [2.75, 3.05) is 5.73 Å². The molecule has 2 aromatic heterocycles. The van der Waals surface area contributed by atoms with E-state index in [1.165, 1.54) is 24.2 Å². The maximum Gasteiger partial charge on any atom is 0.191 e. The number of rotatable bonds is 2. The fourth-order valence-corrected chi connectivity index (χ4v) is 3.09. The number of nitrogens with two attached hydrogens (primary N) is 1. The molecule has 2 aromatic rings. The second-order valence-electron chi connectivity index (χ2n) is 3.88. The molecule has 0 radical (unpaired) electrons. The van der Waals surface area contributed by atoms with Crippen molar-refractivity contribution in [1.82, 2.24) is 15.0 Å². The maximum atomic E-state index is 5.92. The molecule has 7 heteroatoms. The molecule has 0 bridgehead atoms. The molecule has 88 valence electrons. The lowest BCUT2D eigenvalue weighted by Crippen LogP contribution is -2.04. The summed E-state index contributed by atoms with van der Waals surface area (Å²) >= 11 is 9.44. The largest absolute Gasteiger partial charge is 0.383 e. The number of nitrogens with zero attached hydrogens (tertiary/aromatic N) is 3. The van der Waals surface area contributed by atoms with Gasteiger partial charge in [-0.25, -0.2) is 15.0 Å². The molecule has 0 spiro atoms. The molecule has 17 heavy (non-hydrogen) atoms. The fourth-order valence-electron chi connectivity index (χ4n) is 1.56. The van der Waals surface area contributed by atoms with Crippen LogP contribution in [-0.2, 0) is 0 Å². The zero-order chi connectivity index (χ0) is 12.0. The Bertz CT molecular complexity index is 582. The van der Waals surface area contributed by atoms with E-state index in [1.807, 2.05) is 0 Å². The van der Waals surface area contributed by atoms with E-state index in [1.54, 1.807) is 6.20 Å². The SMILES string of the molecule is Nc1nc(-c2ncc(Cl)s2)nc(C2CC2)c1I. The molecular weight excluding hydrogens is 371 g/mol. The lowest BCUT2D eigenvalue weighted by atomic mass is 10.3. The molecule has 1 aliphatic rings. The molecule has 1 fully saturated rings. The van der Waals surface area contributed by atoms with Crippen LogP contribution in [0, 0.1) is 3.57 Å². The van der Waals surface area contributed by atoms with Gasteiger partial charge in [-0.1, -0.05) is 22.9 Å². The summed E-state index contributed by atoms with van der Waals surface area (Å²) in [5, 5.41) is 0.722. The third kappa shape index (κ3) is 2.25. The van der Waals surface area contributed by atoms with Crippen molar-refractivity contribution < 1.29 is 0 Å². The average molecular weight is 379 g/mol. The molecule has 0 unspecified atom stereocenters.